The first-order chi connectivity index (χ1) is 12.5. The Balaban J connectivity index is 1.96. The van der Waals surface area contributed by atoms with Crippen LogP contribution in [0.5, 0.6) is 11.5 Å². The molecule has 2 aromatic rings. The standard InChI is InChI=1S/C21H26N2O3/c1-15(2)14-26-19-9-7-17(12-20(19)25-4)8-10-21(24)23-13-18-16(3)6-5-11-22-18/h5-12,15H,13-14H2,1-4H3,(H,23,24). The average molecular weight is 354 g/mol. The molecule has 26 heavy (non-hydrogen) atoms. The largest absolute Gasteiger partial charge is 0.493 e. The molecule has 1 aromatic heterocycles. The highest BCUT2D eigenvalue weighted by Crippen LogP contribution is 2.28. The minimum absolute atomic E-state index is 0.172. The van der Waals surface area contributed by atoms with E-state index >= 15 is 0 Å². The lowest BCUT2D eigenvalue weighted by atomic mass is 10.1. The lowest BCUT2D eigenvalue weighted by Gasteiger charge is -2.12. The van der Waals surface area contributed by atoms with Gasteiger partial charge in [0.2, 0.25) is 5.91 Å². The number of rotatable bonds is 8. The summed E-state index contributed by atoms with van der Waals surface area (Å²) in [4.78, 5) is 16.3. The Morgan fingerprint density at radius 1 is 1.27 bits per heavy atom. The SMILES string of the molecule is COc1cc(C=CC(=O)NCc2ncccc2C)ccc1OCC(C)C. The van der Waals surface area contributed by atoms with E-state index in [0.717, 1.165) is 16.8 Å². The van der Waals surface area contributed by atoms with Gasteiger partial charge >= 0.3 is 0 Å². The Labute approximate surface area is 155 Å². The van der Waals surface area contributed by atoms with Crippen LogP contribution in [-0.4, -0.2) is 24.6 Å². The number of benzene rings is 1. The van der Waals surface area contributed by atoms with E-state index in [9.17, 15) is 4.79 Å². The molecule has 1 N–H and O–H groups in total. The molecule has 0 bridgehead atoms. The molecule has 138 valence electrons. The topological polar surface area (TPSA) is 60.5 Å². The van der Waals surface area contributed by atoms with E-state index < -0.39 is 0 Å². The number of ether oxygens (including phenoxy) is 2. The van der Waals surface area contributed by atoms with Crippen LogP contribution in [0.4, 0.5) is 0 Å². The third-order valence-corrected chi connectivity index (χ3v) is 3.73. The number of pyridine rings is 1. The molecule has 2 rings (SSSR count). The minimum Gasteiger partial charge on any atom is -0.493 e. The second-order valence-electron chi connectivity index (χ2n) is 6.43. The van der Waals surface area contributed by atoms with Gasteiger partial charge in [-0.2, -0.15) is 0 Å². The van der Waals surface area contributed by atoms with Crippen molar-refractivity contribution in [2.24, 2.45) is 5.92 Å². The van der Waals surface area contributed by atoms with E-state index in [-0.39, 0.29) is 5.91 Å². The lowest BCUT2D eigenvalue weighted by Crippen LogP contribution is -2.21. The second-order valence-corrected chi connectivity index (χ2v) is 6.43. The fourth-order valence-corrected chi connectivity index (χ4v) is 2.27. The molecule has 0 saturated heterocycles. The zero-order valence-electron chi connectivity index (χ0n) is 15.8. The normalized spacial score (nSPS) is 11.0. The van der Waals surface area contributed by atoms with Crippen LogP contribution in [0.15, 0.2) is 42.6 Å². The van der Waals surface area contributed by atoms with Gasteiger partial charge in [0, 0.05) is 12.3 Å². The Hall–Kier alpha value is -2.82. The summed E-state index contributed by atoms with van der Waals surface area (Å²) in [5, 5.41) is 2.84. The molecular formula is C21H26N2O3. The lowest BCUT2D eigenvalue weighted by molar-refractivity contribution is -0.116. The van der Waals surface area contributed by atoms with Crippen LogP contribution in [0.3, 0.4) is 0 Å². The van der Waals surface area contributed by atoms with Crippen molar-refractivity contribution in [3.05, 3.63) is 59.4 Å². The van der Waals surface area contributed by atoms with Crippen molar-refractivity contribution in [1.29, 1.82) is 0 Å². The minimum atomic E-state index is -0.172. The summed E-state index contributed by atoms with van der Waals surface area (Å²) in [5.41, 5.74) is 2.78. The molecule has 0 fully saturated rings. The maximum absolute atomic E-state index is 12.0. The van der Waals surface area contributed by atoms with E-state index in [0.29, 0.717) is 30.6 Å². The van der Waals surface area contributed by atoms with Crippen molar-refractivity contribution >= 4 is 12.0 Å². The Kier molecular flexibility index (Phi) is 7.21. The van der Waals surface area contributed by atoms with Gasteiger partial charge in [-0.3, -0.25) is 9.78 Å². The molecule has 0 aliphatic heterocycles. The number of aryl methyl sites for hydroxylation is 1. The first-order valence-corrected chi connectivity index (χ1v) is 8.67. The monoisotopic (exact) mass is 354 g/mol. The summed E-state index contributed by atoms with van der Waals surface area (Å²) < 4.78 is 11.1. The van der Waals surface area contributed by atoms with Gasteiger partial charge in [0.15, 0.2) is 11.5 Å². The van der Waals surface area contributed by atoms with E-state index in [4.69, 9.17) is 9.47 Å². The van der Waals surface area contributed by atoms with Crippen molar-refractivity contribution in [3.8, 4) is 11.5 Å². The third kappa shape index (κ3) is 5.92. The number of aromatic nitrogens is 1. The molecule has 0 radical (unpaired) electrons. The van der Waals surface area contributed by atoms with Crippen LogP contribution in [0.1, 0.15) is 30.7 Å². The third-order valence-electron chi connectivity index (χ3n) is 3.73. The van der Waals surface area contributed by atoms with Gasteiger partial charge in [-0.15, -0.1) is 0 Å². The number of methoxy groups -OCH3 is 1. The van der Waals surface area contributed by atoms with Crippen LogP contribution in [0.25, 0.3) is 6.08 Å². The maximum atomic E-state index is 12.0. The second kappa shape index (κ2) is 9.61. The summed E-state index contributed by atoms with van der Waals surface area (Å²) >= 11 is 0. The van der Waals surface area contributed by atoms with Gasteiger partial charge < -0.3 is 14.8 Å². The highest BCUT2D eigenvalue weighted by Gasteiger charge is 2.06. The number of carbonyl (C=O) groups is 1. The molecule has 0 saturated carbocycles. The van der Waals surface area contributed by atoms with Gasteiger partial charge in [-0.25, -0.2) is 0 Å². The number of nitrogens with one attached hydrogen (secondary N) is 1. The van der Waals surface area contributed by atoms with Gasteiger partial charge in [-0.05, 0) is 48.2 Å². The fourth-order valence-electron chi connectivity index (χ4n) is 2.27. The summed E-state index contributed by atoms with van der Waals surface area (Å²) in [5.74, 6) is 1.62. The van der Waals surface area contributed by atoms with Crippen molar-refractivity contribution < 1.29 is 14.3 Å². The summed E-state index contributed by atoms with van der Waals surface area (Å²) in [7, 11) is 1.60. The average Bonchev–Trinajstić information content (AvgIpc) is 2.64. The van der Waals surface area contributed by atoms with Crippen molar-refractivity contribution in [2.75, 3.05) is 13.7 Å². The predicted octanol–water partition coefficient (Wildman–Crippen LogP) is 3.76. The van der Waals surface area contributed by atoms with Crippen LogP contribution >= 0.6 is 0 Å². The quantitative estimate of drug-likeness (QED) is 0.733. The van der Waals surface area contributed by atoms with Gasteiger partial charge in [0.1, 0.15) is 0 Å². The number of amides is 1. The van der Waals surface area contributed by atoms with Crippen LogP contribution in [0.2, 0.25) is 0 Å². The zero-order valence-corrected chi connectivity index (χ0v) is 15.8. The van der Waals surface area contributed by atoms with Crippen LogP contribution in [0, 0.1) is 12.8 Å². The molecule has 0 aliphatic rings. The molecule has 5 nitrogen and oxygen atoms in total. The van der Waals surface area contributed by atoms with E-state index in [1.807, 2.05) is 37.3 Å². The molecule has 0 unspecified atom stereocenters. The Bertz CT molecular complexity index is 770. The number of hydrogen-bond acceptors (Lipinski definition) is 4. The van der Waals surface area contributed by atoms with E-state index in [2.05, 4.69) is 24.1 Å². The molecule has 0 atom stereocenters. The molecule has 1 amide bonds. The molecule has 1 heterocycles. The number of nitrogens with zero attached hydrogens (tertiary/aromatic N) is 1. The summed E-state index contributed by atoms with van der Waals surface area (Å²) in [6.07, 6.45) is 4.97. The molecule has 1 aromatic carbocycles. The smallest absolute Gasteiger partial charge is 0.244 e. The Morgan fingerprint density at radius 3 is 2.77 bits per heavy atom. The van der Waals surface area contributed by atoms with E-state index in [1.165, 1.54) is 6.08 Å². The van der Waals surface area contributed by atoms with Crippen molar-refractivity contribution in [3.63, 3.8) is 0 Å². The van der Waals surface area contributed by atoms with Gasteiger partial charge in [0.25, 0.3) is 0 Å². The highest BCUT2D eigenvalue weighted by molar-refractivity contribution is 5.91. The molecular weight excluding hydrogens is 328 g/mol. The molecule has 0 aliphatic carbocycles. The molecule has 5 heteroatoms. The van der Waals surface area contributed by atoms with Crippen LogP contribution in [-0.2, 0) is 11.3 Å². The Morgan fingerprint density at radius 2 is 2.08 bits per heavy atom. The number of carbonyl (C=O) groups excluding carboxylic acids is 1. The predicted molar refractivity (Wildman–Crippen MR) is 103 cm³/mol. The van der Waals surface area contributed by atoms with Gasteiger partial charge in [-0.1, -0.05) is 26.0 Å². The summed E-state index contributed by atoms with van der Waals surface area (Å²) in [6, 6.07) is 9.45. The molecule has 0 spiro atoms. The van der Waals surface area contributed by atoms with Crippen molar-refractivity contribution in [1.82, 2.24) is 10.3 Å². The zero-order chi connectivity index (χ0) is 18.9. The van der Waals surface area contributed by atoms with Crippen molar-refractivity contribution in [2.45, 2.75) is 27.3 Å². The van der Waals surface area contributed by atoms with E-state index in [1.54, 1.807) is 19.4 Å². The first kappa shape index (κ1) is 19.5. The van der Waals surface area contributed by atoms with Crippen LogP contribution < -0.4 is 14.8 Å². The fraction of sp³-hybridized carbons (Fsp3) is 0.333. The summed E-state index contributed by atoms with van der Waals surface area (Å²) in [6.45, 7) is 7.19. The number of hydrogen-bond donors (Lipinski definition) is 1. The first-order valence-electron chi connectivity index (χ1n) is 8.67. The maximum Gasteiger partial charge on any atom is 0.244 e. The highest BCUT2D eigenvalue weighted by atomic mass is 16.5. The van der Waals surface area contributed by atoms with Gasteiger partial charge in [0.05, 0.1) is 26.0 Å².